The predicted molar refractivity (Wildman–Crippen MR) is 73.5 cm³/mol. The van der Waals surface area contributed by atoms with E-state index in [1.807, 2.05) is 24.3 Å². The van der Waals surface area contributed by atoms with Gasteiger partial charge in [0.15, 0.2) is 0 Å². The van der Waals surface area contributed by atoms with Crippen LogP contribution in [0, 0.1) is 5.82 Å². The van der Waals surface area contributed by atoms with E-state index in [1.54, 1.807) is 19.1 Å². The molecule has 0 radical (unpaired) electrons. The maximum atomic E-state index is 13.3. The Morgan fingerprint density at radius 2 is 2.00 bits per heavy atom. The second-order valence-electron chi connectivity index (χ2n) is 5.22. The Bertz CT molecular complexity index is 584. The van der Waals surface area contributed by atoms with Gasteiger partial charge in [-0.3, -0.25) is 0 Å². The summed E-state index contributed by atoms with van der Waals surface area (Å²) in [5.74, 6) is -0.326. The van der Waals surface area contributed by atoms with Gasteiger partial charge in [0.05, 0.1) is 6.04 Å². The van der Waals surface area contributed by atoms with Crippen LogP contribution in [0.4, 0.5) is 10.1 Å². The van der Waals surface area contributed by atoms with Gasteiger partial charge in [-0.05, 0) is 42.7 Å². The molecule has 0 fully saturated rings. The Morgan fingerprint density at radius 1 is 1.21 bits per heavy atom. The summed E-state index contributed by atoms with van der Waals surface area (Å²) in [6.45, 7) is 1.73. The number of nitrogens with one attached hydrogen (secondary N) is 1. The molecule has 1 aliphatic heterocycles. The van der Waals surface area contributed by atoms with Crippen LogP contribution in [0.1, 0.15) is 18.1 Å². The lowest BCUT2D eigenvalue weighted by molar-refractivity contribution is 0.0378. The molecule has 1 aliphatic rings. The number of aliphatic hydroxyl groups is 1. The lowest BCUT2D eigenvalue weighted by Crippen LogP contribution is -2.40. The largest absolute Gasteiger partial charge is 0.383 e. The van der Waals surface area contributed by atoms with Gasteiger partial charge in [-0.2, -0.15) is 0 Å². The van der Waals surface area contributed by atoms with E-state index in [9.17, 15) is 9.50 Å². The molecule has 2 N–H and O–H groups in total. The summed E-state index contributed by atoms with van der Waals surface area (Å²) in [5, 5.41) is 14.1. The van der Waals surface area contributed by atoms with Crippen LogP contribution < -0.4 is 5.32 Å². The Kier molecular flexibility index (Phi) is 2.79. The third-order valence-corrected chi connectivity index (χ3v) is 3.86. The third kappa shape index (κ3) is 2.10. The normalized spacial score (nSPS) is 20.5. The zero-order valence-electron chi connectivity index (χ0n) is 10.7. The number of anilines is 1. The van der Waals surface area contributed by atoms with Crippen molar-refractivity contribution in [3.8, 4) is 0 Å². The van der Waals surface area contributed by atoms with E-state index in [1.165, 1.54) is 17.7 Å². The molecule has 0 bridgehead atoms. The smallest absolute Gasteiger partial charge is 0.123 e. The molecule has 2 unspecified atom stereocenters. The fourth-order valence-corrected chi connectivity index (χ4v) is 2.64. The van der Waals surface area contributed by atoms with Crippen molar-refractivity contribution in [2.75, 3.05) is 5.32 Å². The van der Waals surface area contributed by atoms with E-state index < -0.39 is 5.60 Å². The lowest BCUT2D eigenvalue weighted by Gasteiger charge is -2.31. The van der Waals surface area contributed by atoms with Crippen molar-refractivity contribution in [1.29, 1.82) is 0 Å². The van der Waals surface area contributed by atoms with Gasteiger partial charge >= 0.3 is 0 Å². The van der Waals surface area contributed by atoms with E-state index in [0.717, 1.165) is 12.1 Å². The zero-order chi connectivity index (χ0) is 13.5. The summed E-state index contributed by atoms with van der Waals surface area (Å²) in [6.07, 6.45) is 0.736. The molecule has 2 aromatic rings. The number of benzene rings is 2. The van der Waals surface area contributed by atoms with Gasteiger partial charge in [-0.15, -0.1) is 0 Å². The SMILES string of the molecule is CC(O)(c1cccc(F)c1)C1Cc2ccccc2N1. The van der Waals surface area contributed by atoms with Crippen LogP contribution in [0.2, 0.25) is 0 Å². The number of hydrogen-bond acceptors (Lipinski definition) is 2. The zero-order valence-corrected chi connectivity index (χ0v) is 10.7. The molecule has 2 atom stereocenters. The molecule has 2 aromatic carbocycles. The van der Waals surface area contributed by atoms with Crippen molar-refractivity contribution in [3.63, 3.8) is 0 Å². The van der Waals surface area contributed by atoms with Crippen LogP contribution >= 0.6 is 0 Å². The molecule has 0 aliphatic carbocycles. The van der Waals surface area contributed by atoms with Crippen molar-refractivity contribution in [1.82, 2.24) is 0 Å². The summed E-state index contributed by atoms with van der Waals surface area (Å²) in [7, 11) is 0. The molecule has 0 saturated heterocycles. The number of hydrogen-bond donors (Lipinski definition) is 2. The predicted octanol–water partition coefficient (Wildman–Crippen LogP) is 3.07. The van der Waals surface area contributed by atoms with E-state index in [0.29, 0.717) is 5.56 Å². The van der Waals surface area contributed by atoms with E-state index >= 15 is 0 Å². The first-order chi connectivity index (χ1) is 9.07. The molecule has 0 saturated carbocycles. The highest BCUT2D eigenvalue weighted by molar-refractivity contribution is 5.57. The molecular weight excluding hydrogens is 241 g/mol. The molecular formula is C16H16FNO. The van der Waals surface area contributed by atoms with Gasteiger partial charge in [-0.1, -0.05) is 30.3 Å². The highest BCUT2D eigenvalue weighted by Crippen LogP contribution is 2.35. The van der Waals surface area contributed by atoms with Gasteiger partial charge in [0.1, 0.15) is 11.4 Å². The second kappa shape index (κ2) is 4.35. The highest BCUT2D eigenvalue weighted by atomic mass is 19.1. The monoisotopic (exact) mass is 257 g/mol. The molecule has 0 aromatic heterocycles. The van der Waals surface area contributed by atoms with Gasteiger partial charge in [-0.25, -0.2) is 4.39 Å². The lowest BCUT2D eigenvalue weighted by atomic mass is 9.86. The van der Waals surface area contributed by atoms with Crippen LogP contribution in [0.5, 0.6) is 0 Å². The molecule has 1 heterocycles. The number of fused-ring (bicyclic) bond motifs is 1. The Morgan fingerprint density at radius 3 is 2.74 bits per heavy atom. The minimum absolute atomic E-state index is 0.147. The standard InChI is InChI=1S/C16H16FNO/c1-16(19,12-6-4-7-13(17)10-12)15-9-11-5-2-3-8-14(11)18-15/h2-8,10,15,18-19H,9H2,1H3. The summed E-state index contributed by atoms with van der Waals surface area (Å²) in [6, 6.07) is 14.0. The van der Waals surface area contributed by atoms with Crippen LogP contribution in [0.25, 0.3) is 0 Å². The Balaban J connectivity index is 1.91. The van der Waals surface area contributed by atoms with Crippen molar-refractivity contribution in [2.24, 2.45) is 0 Å². The van der Waals surface area contributed by atoms with Gasteiger partial charge in [0, 0.05) is 5.69 Å². The van der Waals surface area contributed by atoms with Gasteiger partial charge in [0.2, 0.25) is 0 Å². The van der Waals surface area contributed by atoms with E-state index in [-0.39, 0.29) is 11.9 Å². The third-order valence-electron chi connectivity index (χ3n) is 3.86. The number of para-hydroxylation sites is 1. The maximum absolute atomic E-state index is 13.3. The van der Waals surface area contributed by atoms with E-state index in [4.69, 9.17) is 0 Å². The first kappa shape index (κ1) is 12.2. The maximum Gasteiger partial charge on any atom is 0.123 e. The molecule has 3 rings (SSSR count). The van der Waals surface area contributed by atoms with Crippen molar-refractivity contribution < 1.29 is 9.50 Å². The van der Waals surface area contributed by atoms with Crippen LogP contribution in [-0.2, 0) is 12.0 Å². The van der Waals surface area contributed by atoms with Crippen LogP contribution in [-0.4, -0.2) is 11.1 Å². The minimum Gasteiger partial charge on any atom is -0.383 e. The van der Waals surface area contributed by atoms with Crippen molar-refractivity contribution in [3.05, 3.63) is 65.5 Å². The molecule has 19 heavy (non-hydrogen) atoms. The highest BCUT2D eigenvalue weighted by Gasteiger charge is 2.37. The quantitative estimate of drug-likeness (QED) is 0.866. The Hall–Kier alpha value is -1.87. The average Bonchev–Trinajstić information content (AvgIpc) is 2.83. The van der Waals surface area contributed by atoms with Gasteiger partial charge < -0.3 is 10.4 Å². The topological polar surface area (TPSA) is 32.3 Å². The van der Waals surface area contributed by atoms with Crippen LogP contribution in [0.15, 0.2) is 48.5 Å². The molecule has 2 nitrogen and oxygen atoms in total. The van der Waals surface area contributed by atoms with E-state index in [2.05, 4.69) is 5.32 Å². The summed E-state index contributed by atoms with van der Waals surface area (Å²) in [5.41, 5.74) is 1.72. The fraction of sp³-hybridized carbons (Fsp3) is 0.250. The molecule has 98 valence electrons. The first-order valence-electron chi connectivity index (χ1n) is 6.40. The Labute approximate surface area is 111 Å². The van der Waals surface area contributed by atoms with Crippen molar-refractivity contribution in [2.45, 2.75) is 25.0 Å². The van der Waals surface area contributed by atoms with Crippen molar-refractivity contribution >= 4 is 5.69 Å². The molecule has 0 spiro atoms. The first-order valence-corrected chi connectivity index (χ1v) is 6.40. The average molecular weight is 257 g/mol. The number of halogens is 1. The van der Waals surface area contributed by atoms with Gasteiger partial charge in [0.25, 0.3) is 0 Å². The number of rotatable bonds is 2. The van der Waals surface area contributed by atoms with Crippen LogP contribution in [0.3, 0.4) is 0 Å². The molecule has 0 amide bonds. The second-order valence-corrected chi connectivity index (χ2v) is 5.22. The summed E-state index contributed by atoms with van der Waals surface area (Å²) < 4.78 is 13.3. The molecule has 3 heteroatoms. The summed E-state index contributed by atoms with van der Waals surface area (Å²) in [4.78, 5) is 0. The summed E-state index contributed by atoms with van der Waals surface area (Å²) >= 11 is 0. The fourth-order valence-electron chi connectivity index (χ4n) is 2.64. The minimum atomic E-state index is -1.11.